The third-order valence-corrected chi connectivity index (χ3v) is 6.64. The van der Waals surface area contributed by atoms with Crippen molar-refractivity contribution >= 4 is 11.4 Å². The van der Waals surface area contributed by atoms with Gasteiger partial charge < -0.3 is 14.6 Å². The van der Waals surface area contributed by atoms with Crippen molar-refractivity contribution in [2.24, 2.45) is 0 Å². The van der Waals surface area contributed by atoms with Crippen LogP contribution in [0.25, 0.3) is 5.69 Å². The second-order valence-corrected chi connectivity index (χ2v) is 8.68. The Balaban J connectivity index is 1.52. The van der Waals surface area contributed by atoms with Gasteiger partial charge in [0.1, 0.15) is 5.60 Å². The predicted octanol–water partition coefficient (Wildman–Crippen LogP) is 6.82. The van der Waals surface area contributed by atoms with Gasteiger partial charge in [0.2, 0.25) is 0 Å². The fourth-order valence-corrected chi connectivity index (χ4v) is 5.00. The Bertz CT molecular complexity index is 1470. The molecule has 1 aliphatic heterocycles. The highest BCUT2D eigenvalue weighted by Gasteiger charge is 2.45. The number of nitro groups is 1. The van der Waals surface area contributed by atoms with Crippen LogP contribution in [0.3, 0.4) is 0 Å². The number of anilines is 1. The van der Waals surface area contributed by atoms with Crippen LogP contribution in [0.2, 0.25) is 0 Å². The number of nitro benzene ring substituents is 1. The van der Waals surface area contributed by atoms with Crippen LogP contribution in [0, 0.1) is 10.1 Å². The van der Waals surface area contributed by atoms with Crippen LogP contribution < -0.4 is 5.32 Å². The van der Waals surface area contributed by atoms with Crippen molar-refractivity contribution in [1.29, 1.82) is 0 Å². The molecule has 0 amide bonds. The molecule has 6 heteroatoms. The van der Waals surface area contributed by atoms with E-state index < -0.39 is 16.8 Å². The summed E-state index contributed by atoms with van der Waals surface area (Å²) in [6, 6.07) is 39.3. The minimum atomic E-state index is -0.848. The van der Waals surface area contributed by atoms with Gasteiger partial charge in [-0.2, -0.15) is 0 Å². The molecule has 0 radical (unpaired) electrons. The van der Waals surface area contributed by atoms with Crippen molar-refractivity contribution in [1.82, 2.24) is 4.57 Å². The maximum Gasteiger partial charge on any atom is 0.269 e. The minimum absolute atomic E-state index is 0.0561. The predicted molar refractivity (Wildman–Crippen MR) is 139 cm³/mol. The summed E-state index contributed by atoms with van der Waals surface area (Å²) in [4.78, 5) is 10.7. The molecule has 0 saturated heterocycles. The zero-order valence-corrected chi connectivity index (χ0v) is 19.3. The molecule has 1 aromatic heterocycles. The monoisotopic (exact) mass is 473 g/mol. The molecule has 36 heavy (non-hydrogen) atoms. The van der Waals surface area contributed by atoms with Gasteiger partial charge in [0.05, 0.1) is 10.6 Å². The van der Waals surface area contributed by atoms with Crippen LogP contribution in [0.1, 0.15) is 28.6 Å². The largest absolute Gasteiger partial charge is 0.355 e. The highest BCUT2D eigenvalue weighted by molar-refractivity contribution is 5.63. The van der Waals surface area contributed by atoms with Gasteiger partial charge in [-0.05, 0) is 41.5 Å². The van der Waals surface area contributed by atoms with Crippen LogP contribution in [0.4, 0.5) is 11.4 Å². The van der Waals surface area contributed by atoms with Gasteiger partial charge in [-0.1, -0.05) is 78.9 Å². The molecule has 1 N–H and O–H groups in total. The first-order valence-electron chi connectivity index (χ1n) is 11.7. The highest BCUT2D eigenvalue weighted by atomic mass is 16.6. The summed E-state index contributed by atoms with van der Waals surface area (Å²) in [5, 5.41) is 14.7. The molecule has 0 fully saturated rings. The lowest BCUT2D eigenvalue weighted by Gasteiger charge is -2.44. The fourth-order valence-electron chi connectivity index (χ4n) is 5.00. The fraction of sp³-hybridized carbons (Fsp3) is 0.0667. The molecule has 2 heterocycles. The van der Waals surface area contributed by atoms with E-state index in [1.54, 1.807) is 12.1 Å². The van der Waals surface area contributed by atoms with Gasteiger partial charge >= 0.3 is 0 Å². The Hall–Kier alpha value is -4.68. The number of non-ortho nitro benzene ring substituents is 1. The number of para-hydroxylation sites is 1. The average Bonchev–Trinajstić information content (AvgIpc) is 3.44. The lowest BCUT2D eigenvalue weighted by Crippen LogP contribution is -2.41. The normalized spacial score (nSPS) is 16.1. The number of nitrogens with one attached hydrogen (secondary N) is 1. The van der Waals surface area contributed by atoms with Crippen molar-refractivity contribution in [3.8, 4) is 5.69 Å². The molecule has 0 bridgehead atoms. The highest BCUT2D eigenvalue weighted by Crippen LogP contribution is 2.50. The number of aromatic nitrogens is 1. The van der Waals surface area contributed by atoms with Gasteiger partial charge in [0.15, 0.2) is 6.23 Å². The topological polar surface area (TPSA) is 69.3 Å². The molecule has 1 aliphatic rings. The van der Waals surface area contributed by atoms with Crippen molar-refractivity contribution in [3.05, 3.63) is 160 Å². The molecule has 0 aliphatic carbocycles. The number of ether oxygens (including phenoxy) is 1. The maximum atomic E-state index is 11.1. The van der Waals surface area contributed by atoms with E-state index >= 15 is 0 Å². The summed E-state index contributed by atoms with van der Waals surface area (Å²) >= 11 is 0. The third-order valence-electron chi connectivity index (χ3n) is 6.64. The van der Waals surface area contributed by atoms with Crippen molar-refractivity contribution < 1.29 is 9.66 Å². The molecule has 0 saturated carbocycles. The minimum Gasteiger partial charge on any atom is -0.355 e. The zero-order valence-electron chi connectivity index (χ0n) is 19.3. The summed E-state index contributed by atoms with van der Waals surface area (Å²) in [5.74, 6) is 0. The van der Waals surface area contributed by atoms with E-state index in [-0.39, 0.29) is 5.69 Å². The van der Waals surface area contributed by atoms with Crippen molar-refractivity contribution in [2.75, 3.05) is 5.32 Å². The number of fused-ring (bicyclic) bond motifs is 1. The Labute approximate surface area is 208 Å². The molecule has 1 atom stereocenters. The second kappa shape index (κ2) is 8.83. The quantitative estimate of drug-likeness (QED) is 0.225. The molecule has 0 unspecified atom stereocenters. The van der Waals surface area contributed by atoms with Crippen molar-refractivity contribution in [2.45, 2.75) is 11.8 Å². The Morgan fingerprint density at radius 1 is 0.750 bits per heavy atom. The molecule has 6 nitrogen and oxygen atoms in total. The van der Waals surface area contributed by atoms with Crippen LogP contribution in [-0.4, -0.2) is 9.49 Å². The van der Waals surface area contributed by atoms with E-state index in [2.05, 4.69) is 41.7 Å². The summed E-state index contributed by atoms with van der Waals surface area (Å²) in [6.07, 6.45) is 1.44. The molecule has 0 spiro atoms. The Morgan fingerprint density at radius 2 is 1.36 bits per heavy atom. The van der Waals surface area contributed by atoms with E-state index in [0.717, 1.165) is 33.8 Å². The molecule has 4 aromatic carbocycles. The lowest BCUT2D eigenvalue weighted by molar-refractivity contribution is -0.384. The smallest absolute Gasteiger partial charge is 0.269 e. The van der Waals surface area contributed by atoms with E-state index in [1.807, 2.05) is 71.4 Å². The summed E-state index contributed by atoms with van der Waals surface area (Å²) in [5.41, 5.74) is 4.99. The number of hydrogen-bond donors (Lipinski definition) is 1. The summed E-state index contributed by atoms with van der Waals surface area (Å²) in [6.45, 7) is 0. The average molecular weight is 474 g/mol. The van der Waals surface area contributed by atoms with Gasteiger partial charge in [0, 0.05) is 35.3 Å². The number of nitrogens with zero attached hydrogens (tertiary/aromatic N) is 2. The molecule has 176 valence electrons. The first kappa shape index (κ1) is 21.8. The van der Waals surface area contributed by atoms with Crippen LogP contribution >= 0.6 is 0 Å². The lowest BCUT2D eigenvalue weighted by atomic mass is 9.78. The summed E-state index contributed by atoms with van der Waals surface area (Å²) in [7, 11) is 0. The SMILES string of the molecule is O=[N+]([O-])c1ccc(-n2cccc2[C@@H]2Nc3ccccc3C(c3ccccc3)(c3ccccc3)O2)cc1. The third kappa shape index (κ3) is 3.56. The Kier molecular flexibility index (Phi) is 5.36. The van der Waals surface area contributed by atoms with Crippen LogP contribution in [0.5, 0.6) is 0 Å². The van der Waals surface area contributed by atoms with E-state index in [4.69, 9.17) is 4.74 Å². The second-order valence-electron chi connectivity index (χ2n) is 8.68. The summed E-state index contributed by atoms with van der Waals surface area (Å²) < 4.78 is 9.10. The molecular weight excluding hydrogens is 450 g/mol. The number of hydrogen-bond acceptors (Lipinski definition) is 4. The first-order valence-corrected chi connectivity index (χ1v) is 11.7. The van der Waals surface area contributed by atoms with E-state index in [9.17, 15) is 10.1 Å². The standard InChI is InChI=1S/C30H23N3O3/c34-33(35)25-19-17-24(18-20-25)32-21-9-16-28(32)29-31-27-15-8-7-14-26(27)30(36-29,22-10-3-1-4-11-22)23-12-5-2-6-13-23/h1-21,29,31H/t29-/m1/s1. The van der Waals surface area contributed by atoms with Crippen molar-refractivity contribution in [3.63, 3.8) is 0 Å². The van der Waals surface area contributed by atoms with Gasteiger partial charge in [0.25, 0.3) is 5.69 Å². The van der Waals surface area contributed by atoms with Gasteiger partial charge in [-0.3, -0.25) is 10.1 Å². The zero-order chi connectivity index (χ0) is 24.5. The van der Waals surface area contributed by atoms with E-state index in [1.165, 1.54) is 12.1 Å². The maximum absolute atomic E-state index is 11.1. The van der Waals surface area contributed by atoms with E-state index in [0.29, 0.717) is 0 Å². The molecule has 5 aromatic rings. The Morgan fingerprint density at radius 3 is 2.00 bits per heavy atom. The molecular formula is C30H23N3O3. The number of benzene rings is 4. The van der Waals surface area contributed by atoms with Crippen LogP contribution in [0.15, 0.2) is 128 Å². The van der Waals surface area contributed by atoms with Gasteiger partial charge in [-0.25, -0.2) is 0 Å². The first-order chi connectivity index (χ1) is 17.7. The molecule has 6 rings (SSSR count). The van der Waals surface area contributed by atoms with Crippen LogP contribution in [-0.2, 0) is 10.3 Å². The number of rotatable bonds is 5. The van der Waals surface area contributed by atoms with Gasteiger partial charge in [-0.15, -0.1) is 0 Å².